The molecular weight excluding hydrogens is 274 g/mol. The summed E-state index contributed by atoms with van der Waals surface area (Å²) in [6.07, 6.45) is 1.26. The molecule has 0 saturated carbocycles. The molecule has 0 unspecified atom stereocenters. The minimum Gasteiger partial charge on any atom is -0.456 e. The van der Waals surface area contributed by atoms with Gasteiger partial charge in [-0.2, -0.15) is 0 Å². The third-order valence-corrected chi connectivity index (χ3v) is 4.16. The van der Waals surface area contributed by atoms with E-state index in [-0.39, 0.29) is 18.6 Å². The van der Waals surface area contributed by atoms with Crippen molar-refractivity contribution < 1.29 is 14.3 Å². The maximum Gasteiger partial charge on any atom is 0.287 e. The molecule has 108 valence electrons. The highest BCUT2D eigenvalue weighted by molar-refractivity contribution is 7.10. The summed E-state index contributed by atoms with van der Waals surface area (Å²) < 4.78 is 5.55. The lowest BCUT2D eigenvalue weighted by molar-refractivity contribution is 0.0901. The van der Waals surface area contributed by atoms with Gasteiger partial charge in [0.15, 0.2) is 5.76 Å². The highest BCUT2D eigenvalue weighted by Crippen LogP contribution is 2.23. The maximum atomic E-state index is 12.2. The van der Waals surface area contributed by atoms with Crippen LogP contribution in [0.2, 0.25) is 0 Å². The molecule has 1 amide bonds. The second-order valence-corrected chi connectivity index (χ2v) is 5.60. The molecule has 4 nitrogen and oxygen atoms in total. The number of carbonyl (C=O) groups excluding carboxylic acids is 1. The number of thiophene rings is 1. The summed E-state index contributed by atoms with van der Waals surface area (Å²) in [4.78, 5) is 13.3. The molecule has 20 heavy (non-hydrogen) atoms. The Kier molecular flexibility index (Phi) is 4.98. The first-order valence-corrected chi connectivity index (χ1v) is 7.58. The number of hydrogen-bond donors (Lipinski definition) is 2. The van der Waals surface area contributed by atoms with Crippen LogP contribution in [-0.2, 0) is 6.42 Å². The Morgan fingerprint density at radius 2 is 2.35 bits per heavy atom. The van der Waals surface area contributed by atoms with Crippen LogP contribution in [0.3, 0.4) is 0 Å². The first-order valence-electron chi connectivity index (χ1n) is 6.70. The van der Waals surface area contributed by atoms with Crippen molar-refractivity contribution in [2.24, 2.45) is 0 Å². The highest BCUT2D eigenvalue weighted by atomic mass is 32.1. The number of aliphatic hydroxyl groups is 1. The Morgan fingerprint density at radius 1 is 1.55 bits per heavy atom. The van der Waals surface area contributed by atoms with Crippen molar-refractivity contribution in [3.8, 4) is 0 Å². The van der Waals surface area contributed by atoms with E-state index in [0.29, 0.717) is 12.2 Å². The van der Waals surface area contributed by atoms with E-state index in [4.69, 9.17) is 9.52 Å². The minimum absolute atomic E-state index is 0.0280. The van der Waals surface area contributed by atoms with Gasteiger partial charge in [-0.25, -0.2) is 0 Å². The Morgan fingerprint density at radius 3 is 2.90 bits per heavy atom. The number of carbonyl (C=O) groups is 1. The third kappa shape index (κ3) is 3.29. The van der Waals surface area contributed by atoms with Crippen LogP contribution in [0.15, 0.2) is 28.0 Å². The summed E-state index contributed by atoms with van der Waals surface area (Å²) in [5, 5.41) is 14.0. The normalized spacial score (nSPS) is 12.3. The Bertz CT molecular complexity index is 560. The number of aryl methyl sites for hydroxylation is 2. The smallest absolute Gasteiger partial charge is 0.287 e. The molecular formula is C15H19NO3S. The third-order valence-electron chi connectivity index (χ3n) is 3.18. The van der Waals surface area contributed by atoms with E-state index in [1.807, 2.05) is 31.4 Å². The fourth-order valence-corrected chi connectivity index (χ4v) is 2.93. The van der Waals surface area contributed by atoms with Gasteiger partial charge in [-0.1, -0.05) is 13.0 Å². The molecule has 0 radical (unpaired) electrons. The molecule has 2 N–H and O–H groups in total. The van der Waals surface area contributed by atoms with Crippen LogP contribution in [0.1, 0.15) is 46.1 Å². The second-order valence-electron chi connectivity index (χ2n) is 4.62. The molecule has 5 heteroatoms. The van der Waals surface area contributed by atoms with E-state index < -0.39 is 0 Å². The first kappa shape index (κ1) is 14.8. The van der Waals surface area contributed by atoms with Gasteiger partial charge >= 0.3 is 0 Å². The SMILES string of the molecule is CCc1oc(C(=O)N[C@H](CCO)c2cccs2)cc1C. The van der Waals surface area contributed by atoms with E-state index in [1.54, 1.807) is 17.4 Å². The van der Waals surface area contributed by atoms with Gasteiger partial charge in [0.05, 0.1) is 6.04 Å². The summed E-state index contributed by atoms with van der Waals surface area (Å²) in [5.41, 5.74) is 0.993. The second kappa shape index (κ2) is 6.72. The number of hydrogen-bond acceptors (Lipinski definition) is 4. The van der Waals surface area contributed by atoms with Gasteiger partial charge in [0.1, 0.15) is 5.76 Å². The molecule has 2 rings (SSSR count). The van der Waals surface area contributed by atoms with Crippen LogP contribution >= 0.6 is 11.3 Å². The van der Waals surface area contributed by atoms with Crippen LogP contribution in [0.4, 0.5) is 0 Å². The fourth-order valence-electron chi connectivity index (χ4n) is 2.12. The van der Waals surface area contributed by atoms with Gasteiger partial charge < -0.3 is 14.8 Å². The maximum absolute atomic E-state index is 12.2. The van der Waals surface area contributed by atoms with Crippen molar-refractivity contribution in [3.05, 3.63) is 45.5 Å². The average Bonchev–Trinajstić information content (AvgIpc) is 3.07. The van der Waals surface area contributed by atoms with Gasteiger partial charge in [0, 0.05) is 17.9 Å². The van der Waals surface area contributed by atoms with Crippen LogP contribution in [0, 0.1) is 6.92 Å². The standard InChI is InChI=1S/C15H19NO3S/c1-3-12-10(2)9-13(19-12)15(18)16-11(6-7-17)14-5-4-8-20-14/h4-5,8-9,11,17H,3,6-7H2,1-2H3,(H,16,18)/t11-/m1/s1. The predicted octanol–water partition coefficient (Wildman–Crippen LogP) is 3.07. The number of aliphatic hydroxyl groups excluding tert-OH is 1. The summed E-state index contributed by atoms with van der Waals surface area (Å²) in [6, 6.07) is 5.47. The number of rotatable bonds is 6. The van der Waals surface area contributed by atoms with Crippen molar-refractivity contribution in [1.82, 2.24) is 5.32 Å². The first-order chi connectivity index (χ1) is 9.65. The molecule has 0 aromatic carbocycles. The van der Waals surface area contributed by atoms with Gasteiger partial charge in [-0.15, -0.1) is 11.3 Å². The zero-order valence-electron chi connectivity index (χ0n) is 11.7. The Hall–Kier alpha value is -1.59. The largest absolute Gasteiger partial charge is 0.456 e. The molecule has 2 aromatic heterocycles. The average molecular weight is 293 g/mol. The van der Waals surface area contributed by atoms with Gasteiger partial charge in [-0.05, 0) is 36.4 Å². The number of nitrogens with one attached hydrogen (secondary N) is 1. The molecule has 0 spiro atoms. The molecule has 2 heterocycles. The Labute approximate surface area is 122 Å². The van der Waals surface area contributed by atoms with Crippen molar-refractivity contribution in [2.45, 2.75) is 32.7 Å². The predicted molar refractivity (Wildman–Crippen MR) is 79.1 cm³/mol. The monoisotopic (exact) mass is 293 g/mol. The summed E-state index contributed by atoms with van der Waals surface area (Å²) >= 11 is 1.56. The van der Waals surface area contributed by atoms with Gasteiger partial charge in [0.2, 0.25) is 0 Å². The van der Waals surface area contributed by atoms with Crippen LogP contribution in [0.5, 0.6) is 0 Å². The zero-order valence-corrected chi connectivity index (χ0v) is 12.5. The molecule has 0 aliphatic carbocycles. The van der Waals surface area contributed by atoms with Gasteiger partial charge in [-0.3, -0.25) is 4.79 Å². The summed E-state index contributed by atoms with van der Waals surface area (Å²) in [6.45, 7) is 3.96. The molecule has 0 saturated heterocycles. The van der Waals surface area contributed by atoms with Crippen molar-refractivity contribution in [1.29, 1.82) is 0 Å². The molecule has 0 fully saturated rings. The molecule has 1 atom stereocenters. The lowest BCUT2D eigenvalue weighted by Gasteiger charge is -2.15. The van der Waals surface area contributed by atoms with E-state index in [9.17, 15) is 4.79 Å². The lowest BCUT2D eigenvalue weighted by atomic mass is 10.1. The molecule has 0 aliphatic rings. The lowest BCUT2D eigenvalue weighted by Crippen LogP contribution is -2.28. The minimum atomic E-state index is -0.236. The summed E-state index contributed by atoms with van der Waals surface area (Å²) in [5.74, 6) is 0.934. The topological polar surface area (TPSA) is 62.5 Å². The fraction of sp³-hybridized carbons (Fsp3) is 0.400. The van der Waals surface area contributed by atoms with Crippen molar-refractivity contribution in [2.75, 3.05) is 6.61 Å². The Balaban J connectivity index is 2.11. The van der Waals surface area contributed by atoms with Crippen LogP contribution in [0.25, 0.3) is 0 Å². The van der Waals surface area contributed by atoms with Crippen molar-refractivity contribution >= 4 is 17.2 Å². The van der Waals surface area contributed by atoms with Crippen molar-refractivity contribution in [3.63, 3.8) is 0 Å². The molecule has 2 aromatic rings. The summed E-state index contributed by atoms with van der Waals surface area (Å²) in [7, 11) is 0. The quantitative estimate of drug-likeness (QED) is 0.860. The van der Waals surface area contributed by atoms with E-state index in [2.05, 4.69) is 5.32 Å². The van der Waals surface area contributed by atoms with Crippen LogP contribution < -0.4 is 5.32 Å². The van der Waals surface area contributed by atoms with E-state index >= 15 is 0 Å². The molecule has 0 aliphatic heterocycles. The number of amides is 1. The molecule has 0 bridgehead atoms. The number of furan rings is 1. The highest BCUT2D eigenvalue weighted by Gasteiger charge is 2.19. The van der Waals surface area contributed by atoms with Gasteiger partial charge in [0.25, 0.3) is 5.91 Å². The van der Waals surface area contributed by atoms with E-state index in [1.165, 1.54) is 0 Å². The van der Waals surface area contributed by atoms with Crippen LogP contribution in [-0.4, -0.2) is 17.6 Å². The zero-order chi connectivity index (χ0) is 14.5. The van der Waals surface area contributed by atoms with E-state index in [0.717, 1.165) is 22.6 Å².